The first-order valence-electron chi connectivity index (χ1n) is 5.77. The predicted octanol–water partition coefficient (Wildman–Crippen LogP) is 0.997. The van der Waals surface area contributed by atoms with Crippen molar-refractivity contribution in [2.24, 2.45) is 5.92 Å². The van der Waals surface area contributed by atoms with Crippen LogP contribution in [0.25, 0.3) is 0 Å². The Balaban J connectivity index is 2.01. The summed E-state index contributed by atoms with van der Waals surface area (Å²) in [6.07, 6.45) is 4.95. The van der Waals surface area contributed by atoms with Crippen LogP contribution in [0.4, 0.5) is 0 Å². The molecule has 0 saturated carbocycles. The largest absolute Gasteiger partial charge is 0.340 e. The lowest BCUT2D eigenvalue weighted by Crippen LogP contribution is -2.47. The maximum Gasteiger partial charge on any atom is 0.219 e. The van der Waals surface area contributed by atoms with E-state index >= 15 is 0 Å². The van der Waals surface area contributed by atoms with E-state index in [1.807, 2.05) is 0 Å². The predicted molar refractivity (Wildman–Crippen MR) is 56.0 cm³/mol. The average molecular weight is 196 g/mol. The van der Waals surface area contributed by atoms with Gasteiger partial charge in [-0.05, 0) is 44.7 Å². The molecule has 80 valence electrons. The molecule has 1 amide bonds. The fourth-order valence-electron chi connectivity index (χ4n) is 2.84. The number of hydrogen-bond donors (Lipinski definition) is 1. The summed E-state index contributed by atoms with van der Waals surface area (Å²) < 4.78 is 0. The highest BCUT2D eigenvalue weighted by atomic mass is 16.2. The lowest BCUT2D eigenvalue weighted by Gasteiger charge is -2.38. The number of likely N-dealkylation sites (tertiary alicyclic amines) is 1. The molecule has 0 spiro atoms. The zero-order valence-electron chi connectivity index (χ0n) is 8.96. The van der Waals surface area contributed by atoms with E-state index in [0.717, 1.165) is 19.6 Å². The molecule has 0 aromatic carbocycles. The molecule has 0 bridgehead atoms. The molecule has 2 fully saturated rings. The number of amides is 1. The van der Waals surface area contributed by atoms with Crippen LogP contribution in [0.15, 0.2) is 0 Å². The third-order valence-corrected chi connectivity index (χ3v) is 3.60. The molecule has 1 N–H and O–H groups in total. The summed E-state index contributed by atoms with van der Waals surface area (Å²) in [6.45, 7) is 4.93. The molecule has 0 radical (unpaired) electrons. The molecular formula is C11H20N2O. The van der Waals surface area contributed by atoms with Crippen molar-refractivity contribution >= 4 is 5.91 Å². The third kappa shape index (κ3) is 1.92. The molecular weight excluding hydrogens is 176 g/mol. The Hall–Kier alpha value is -0.570. The molecule has 2 heterocycles. The van der Waals surface area contributed by atoms with Gasteiger partial charge in [0, 0.05) is 19.5 Å². The first-order chi connectivity index (χ1) is 6.79. The highest BCUT2D eigenvalue weighted by molar-refractivity contribution is 5.73. The van der Waals surface area contributed by atoms with Gasteiger partial charge >= 0.3 is 0 Å². The Kier molecular flexibility index (Phi) is 3.06. The smallest absolute Gasteiger partial charge is 0.219 e. The highest BCUT2D eigenvalue weighted by Crippen LogP contribution is 2.26. The molecule has 0 aromatic heterocycles. The van der Waals surface area contributed by atoms with Crippen molar-refractivity contribution in [2.45, 2.75) is 38.6 Å². The van der Waals surface area contributed by atoms with E-state index in [4.69, 9.17) is 0 Å². The zero-order chi connectivity index (χ0) is 9.97. The summed E-state index contributed by atoms with van der Waals surface area (Å²) in [4.78, 5) is 13.6. The Morgan fingerprint density at radius 2 is 2.21 bits per heavy atom. The van der Waals surface area contributed by atoms with Crippen LogP contribution in [0.3, 0.4) is 0 Å². The maximum atomic E-state index is 11.5. The standard InChI is InChI=1S/C11H20N2O/c1-9(14)13-7-3-2-4-11(13)10-5-6-12-8-10/h10-12H,2-8H2,1H3. The number of rotatable bonds is 1. The minimum atomic E-state index is 0.265. The SMILES string of the molecule is CC(=O)N1CCCCC1C1CCNC1. The van der Waals surface area contributed by atoms with Gasteiger partial charge in [-0.15, -0.1) is 0 Å². The van der Waals surface area contributed by atoms with Crippen molar-refractivity contribution in [3.8, 4) is 0 Å². The third-order valence-electron chi connectivity index (χ3n) is 3.60. The van der Waals surface area contributed by atoms with Gasteiger partial charge in [0.2, 0.25) is 5.91 Å². The topological polar surface area (TPSA) is 32.3 Å². The van der Waals surface area contributed by atoms with E-state index in [1.165, 1.54) is 25.7 Å². The first-order valence-corrected chi connectivity index (χ1v) is 5.77. The zero-order valence-corrected chi connectivity index (χ0v) is 8.96. The number of carbonyl (C=O) groups is 1. The fraction of sp³-hybridized carbons (Fsp3) is 0.909. The van der Waals surface area contributed by atoms with Crippen molar-refractivity contribution in [1.82, 2.24) is 10.2 Å². The molecule has 0 aromatic rings. The summed E-state index contributed by atoms with van der Waals surface area (Å²) >= 11 is 0. The lowest BCUT2D eigenvalue weighted by molar-refractivity contribution is -0.133. The van der Waals surface area contributed by atoms with Crippen molar-refractivity contribution in [3.63, 3.8) is 0 Å². The second-order valence-corrected chi connectivity index (χ2v) is 4.53. The van der Waals surface area contributed by atoms with Crippen LogP contribution in [0, 0.1) is 5.92 Å². The summed E-state index contributed by atoms with van der Waals surface area (Å²) in [6, 6.07) is 0.524. The number of hydrogen-bond acceptors (Lipinski definition) is 2. The summed E-state index contributed by atoms with van der Waals surface area (Å²) in [5.41, 5.74) is 0. The van der Waals surface area contributed by atoms with Gasteiger partial charge in [-0.2, -0.15) is 0 Å². The van der Waals surface area contributed by atoms with Crippen molar-refractivity contribution in [3.05, 3.63) is 0 Å². The van der Waals surface area contributed by atoms with E-state index in [0.29, 0.717) is 12.0 Å². The van der Waals surface area contributed by atoms with Crippen LogP contribution >= 0.6 is 0 Å². The van der Waals surface area contributed by atoms with Crippen LogP contribution in [-0.2, 0) is 4.79 Å². The number of piperidine rings is 1. The Morgan fingerprint density at radius 3 is 2.86 bits per heavy atom. The average Bonchev–Trinajstić information content (AvgIpc) is 2.70. The molecule has 3 heteroatoms. The maximum absolute atomic E-state index is 11.5. The molecule has 2 saturated heterocycles. The van der Waals surface area contributed by atoms with Crippen LogP contribution in [0.2, 0.25) is 0 Å². The normalized spacial score (nSPS) is 33.4. The van der Waals surface area contributed by atoms with E-state index in [1.54, 1.807) is 6.92 Å². The van der Waals surface area contributed by atoms with E-state index < -0.39 is 0 Å². The van der Waals surface area contributed by atoms with Gasteiger partial charge in [0.05, 0.1) is 0 Å². The van der Waals surface area contributed by atoms with E-state index in [-0.39, 0.29) is 5.91 Å². The molecule has 2 unspecified atom stereocenters. The minimum absolute atomic E-state index is 0.265. The van der Waals surface area contributed by atoms with Gasteiger partial charge in [-0.3, -0.25) is 4.79 Å². The van der Waals surface area contributed by atoms with Gasteiger partial charge in [-0.1, -0.05) is 0 Å². The van der Waals surface area contributed by atoms with Crippen LogP contribution in [-0.4, -0.2) is 36.5 Å². The van der Waals surface area contributed by atoms with Gasteiger partial charge in [0.1, 0.15) is 0 Å². The van der Waals surface area contributed by atoms with Gasteiger partial charge in [0.25, 0.3) is 0 Å². The van der Waals surface area contributed by atoms with Crippen molar-refractivity contribution < 1.29 is 4.79 Å². The Bertz CT molecular complexity index is 211. The number of nitrogens with zero attached hydrogens (tertiary/aromatic N) is 1. The second-order valence-electron chi connectivity index (χ2n) is 4.53. The number of nitrogens with one attached hydrogen (secondary N) is 1. The summed E-state index contributed by atoms with van der Waals surface area (Å²) in [7, 11) is 0. The van der Waals surface area contributed by atoms with E-state index in [9.17, 15) is 4.79 Å². The van der Waals surface area contributed by atoms with E-state index in [2.05, 4.69) is 10.2 Å². The van der Waals surface area contributed by atoms with Crippen LogP contribution in [0.1, 0.15) is 32.6 Å². The molecule has 2 aliphatic heterocycles. The lowest BCUT2D eigenvalue weighted by atomic mass is 9.89. The van der Waals surface area contributed by atoms with Gasteiger partial charge < -0.3 is 10.2 Å². The van der Waals surface area contributed by atoms with Gasteiger partial charge in [0.15, 0.2) is 0 Å². The van der Waals surface area contributed by atoms with Crippen LogP contribution < -0.4 is 5.32 Å². The fourth-order valence-corrected chi connectivity index (χ4v) is 2.84. The first kappa shape index (κ1) is 9.97. The van der Waals surface area contributed by atoms with Gasteiger partial charge in [-0.25, -0.2) is 0 Å². The van der Waals surface area contributed by atoms with Crippen molar-refractivity contribution in [2.75, 3.05) is 19.6 Å². The summed E-state index contributed by atoms with van der Waals surface area (Å²) in [5, 5.41) is 3.39. The molecule has 0 aliphatic carbocycles. The monoisotopic (exact) mass is 196 g/mol. The molecule has 14 heavy (non-hydrogen) atoms. The Morgan fingerprint density at radius 1 is 1.36 bits per heavy atom. The Labute approximate surface area is 85.8 Å². The number of carbonyl (C=O) groups excluding carboxylic acids is 1. The second kappa shape index (κ2) is 4.30. The highest BCUT2D eigenvalue weighted by Gasteiger charge is 2.32. The molecule has 3 nitrogen and oxygen atoms in total. The summed E-state index contributed by atoms with van der Waals surface area (Å²) in [5.74, 6) is 0.973. The quantitative estimate of drug-likeness (QED) is 0.678. The molecule has 2 aliphatic rings. The molecule has 2 rings (SSSR count). The van der Waals surface area contributed by atoms with Crippen molar-refractivity contribution in [1.29, 1.82) is 0 Å². The molecule has 2 atom stereocenters. The van der Waals surface area contributed by atoms with Crippen LogP contribution in [0.5, 0.6) is 0 Å². The minimum Gasteiger partial charge on any atom is -0.340 e.